The summed E-state index contributed by atoms with van der Waals surface area (Å²) >= 11 is 0. The van der Waals surface area contributed by atoms with Gasteiger partial charge in [-0.1, -0.05) is 6.92 Å². The van der Waals surface area contributed by atoms with Crippen LogP contribution in [0, 0.1) is 5.21 Å². The third-order valence-corrected chi connectivity index (χ3v) is 1.60. The quantitative estimate of drug-likeness (QED) is 0.378. The molecule has 5 heteroatoms. The fourth-order valence-corrected chi connectivity index (χ4v) is 0.952. The Bertz CT molecular complexity index is 181. The first-order chi connectivity index (χ1) is 6.49. The van der Waals surface area contributed by atoms with Gasteiger partial charge in [0, 0.05) is 0 Å². The van der Waals surface area contributed by atoms with E-state index in [1.807, 2.05) is 34.6 Å². The van der Waals surface area contributed by atoms with Gasteiger partial charge < -0.3 is 10.0 Å². The summed E-state index contributed by atoms with van der Waals surface area (Å²) in [5, 5.41) is 16.5. The minimum atomic E-state index is -0.0675. The molecule has 0 fully saturated rings. The second-order valence-electron chi connectivity index (χ2n) is 3.75. The first-order valence-corrected chi connectivity index (χ1v) is 5.09. The van der Waals surface area contributed by atoms with E-state index in [1.54, 1.807) is 5.01 Å². The van der Waals surface area contributed by atoms with Gasteiger partial charge >= 0.3 is 0 Å². The monoisotopic (exact) mass is 203 g/mol. The van der Waals surface area contributed by atoms with Crippen LogP contribution in [0.1, 0.15) is 41.0 Å². The average molecular weight is 203 g/mol. The summed E-state index contributed by atoms with van der Waals surface area (Å²) < 4.78 is 0. The summed E-state index contributed by atoms with van der Waals surface area (Å²) in [6.45, 7) is 10.3. The van der Waals surface area contributed by atoms with E-state index >= 15 is 0 Å². The molecule has 0 aliphatic carbocycles. The van der Waals surface area contributed by atoms with Crippen molar-refractivity contribution in [2.24, 2.45) is 5.28 Å². The van der Waals surface area contributed by atoms with Gasteiger partial charge in [-0.05, 0) is 34.1 Å². The van der Waals surface area contributed by atoms with Crippen LogP contribution in [0.5, 0.6) is 0 Å². The molecule has 0 aromatic heterocycles. The Morgan fingerprint density at radius 2 is 1.93 bits per heavy atom. The summed E-state index contributed by atoms with van der Waals surface area (Å²) in [6, 6.07) is 0.131. The van der Waals surface area contributed by atoms with E-state index in [0.29, 0.717) is 11.5 Å². The van der Waals surface area contributed by atoms with E-state index in [4.69, 9.17) is 4.84 Å². The Hall–Kier alpha value is -1.00. The van der Waals surface area contributed by atoms with E-state index in [2.05, 4.69) is 5.28 Å². The molecule has 0 aliphatic rings. The van der Waals surface area contributed by atoms with Crippen molar-refractivity contribution in [2.45, 2.75) is 53.2 Å². The van der Waals surface area contributed by atoms with Crippen LogP contribution in [0.15, 0.2) is 5.28 Å². The Morgan fingerprint density at radius 1 is 1.36 bits per heavy atom. The molecule has 0 aromatic rings. The lowest BCUT2D eigenvalue weighted by Gasteiger charge is -2.20. The maximum Gasteiger partial charge on any atom is 0.233 e. The lowest BCUT2D eigenvalue weighted by atomic mass is 10.3. The van der Waals surface area contributed by atoms with E-state index in [-0.39, 0.29) is 12.1 Å². The van der Waals surface area contributed by atoms with Crippen LogP contribution in [0.2, 0.25) is 0 Å². The molecule has 0 spiro atoms. The topological polar surface area (TPSA) is 50.9 Å². The van der Waals surface area contributed by atoms with Crippen molar-refractivity contribution in [1.82, 2.24) is 5.01 Å². The van der Waals surface area contributed by atoms with Crippen molar-refractivity contribution in [2.75, 3.05) is 6.54 Å². The molecular formula is C9H21N3O2. The van der Waals surface area contributed by atoms with Gasteiger partial charge in [0.25, 0.3) is 0 Å². The number of rotatable bonds is 6. The Balaban J connectivity index is 4.26. The number of hydrazine groups is 1. The second-order valence-corrected chi connectivity index (χ2v) is 3.75. The summed E-state index contributed by atoms with van der Waals surface area (Å²) in [6.07, 6.45) is 0.843. The highest BCUT2D eigenvalue weighted by molar-refractivity contribution is 4.49. The van der Waals surface area contributed by atoms with Crippen LogP contribution < -0.4 is 0 Å². The first-order valence-electron chi connectivity index (χ1n) is 5.09. The Morgan fingerprint density at radius 3 is 2.29 bits per heavy atom. The maximum atomic E-state index is 11.4. The summed E-state index contributed by atoms with van der Waals surface area (Å²) in [7, 11) is 0. The van der Waals surface area contributed by atoms with Gasteiger partial charge in [0.05, 0.1) is 17.6 Å². The minimum absolute atomic E-state index is 0.0675. The van der Waals surface area contributed by atoms with E-state index in [9.17, 15) is 5.21 Å². The van der Waals surface area contributed by atoms with Crippen LogP contribution in [0.4, 0.5) is 0 Å². The smallest absolute Gasteiger partial charge is 0.233 e. The van der Waals surface area contributed by atoms with E-state index in [0.717, 1.165) is 6.42 Å². The van der Waals surface area contributed by atoms with Crippen LogP contribution in [-0.2, 0) is 4.84 Å². The second kappa shape index (κ2) is 6.45. The normalized spacial score (nSPS) is 12.4. The molecule has 0 bridgehead atoms. The predicted octanol–water partition coefficient (Wildman–Crippen LogP) is 2.32. The Kier molecular flexibility index (Phi) is 5.99. The first kappa shape index (κ1) is 13.0. The van der Waals surface area contributed by atoms with Crippen molar-refractivity contribution >= 4 is 0 Å². The van der Waals surface area contributed by atoms with E-state index in [1.165, 1.54) is 0 Å². The highest BCUT2D eigenvalue weighted by Crippen LogP contribution is 2.01. The van der Waals surface area contributed by atoms with Gasteiger partial charge in [0.2, 0.25) is 5.28 Å². The largest absolute Gasteiger partial charge is 0.569 e. The molecule has 0 unspecified atom stereocenters. The molecule has 0 aliphatic heterocycles. The minimum Gasteiger partial charge on any atom is -0.569 e. The highest BCUT2D eigenvalue weighted by Gasteiger charge is 2.16. The zero-order valence-corrected chi connectivity index (χ0v) is 9.73. The van der Waals surface area contributed by atoms with Crippen molar-refractivity contribution < 1.29 is 9.81 Å². The highest BCUT2D eigenvalue weighted by atomic mass is 16.7. The van der Waals surface area contributed by atoms with Crippen LogP contribution in [0.3, 0.4) is 0 Å². The summed E-state index contributed by atoms with van der Waals surface area (Å²) in [5.41, 5.74) is 0. The molecule has 0 saturated heterocycles. The number of hydrogen-bond acceptors (Lipinski definition) is 3. The molecule has 0 heterocycles. The fraction of sp³-hybridized carbons (Fsp3) is 1.00. The molecule has 0 atom stereocenters. The molecular weight excluding hydrogens is 182 g/mol. The van der Waals surface area contributed by atoms with Crippen molar-refractivity contribution in [3.8, 4) is 0 Å². The predicted molar refractivity (Wildman–Crippen MR) is 54.4 cm³/mol. The lowest BCUT2D eigenvalue weighted by molar-refractivity contribution is -0.718. The van der Waals surface area contributed by atoms with Gasteiger partial charge in [0.1, 0.15) is 6.10 Å². The van der Waals surface area contributed by atoms with Gasteiger partial charge in [0.15, 0.2) is 0 Å². The van der Waals surface area contributed by atoms with Crippen molar-refractivity contribution in [3.05, 3.63) is 5.21 Å². The van der Waals surface area contributed by atoms with Gasteiger partial charge in [-0.2, -0.15) is 0 Å². The molecule has 0 rings (SSSR count). The zero-order chi connectivity index (χ0) is 11.1. The molecule has 0 radical (unpaired) electrons. The summed E-state index contributed by atoms with van der Waals surface area (Å²) in [5.74, 6) is 0. The van der Waals surface area contributed by atoms with Crippen LogP contribution in [0.25, 0.3) is 0 Å². The molecule has 0 aromatic carbocycles. The Labute approximate surface area is 85.9 Å². The molecule has 84 valence electrons. The average Bonchev–Trinajstić information content (AvgIpc) is 2.09. The molecule has 5 nitrogen and oxygen atoms in total. The third-order valence-electron chi connectivity index (χ3n) is 1.60. The van der Waals surface area contributed by atoms with Gasteiger partial charge in [-0.3, -0.25) is 0 Å². The number of hydrogen-bond donors (Lipinski definition) is 0. The molecule has 0 N–H and O–H groups in total. The van der Waals surface area contributed by atoms with Crippen molar-refractivity contribution in [1.29, 1.82) is 0 Å². The summed E-state index contributed by atoms with van der Waals surface area (Å²) in [4.78, 5) is 5.41. The van der Waals surface area contributed by atoms with Gasteiger partial charge in [-0.15, -0.1) is 5.01 Å². The lowest BCUT2D eigenvalue weighted by Crippen LogP contribution is -2.37. The van der Waals surface area contributed by atoms with Crippen LogP contribution >= 0.6 is 0 Å². The maximum absolute atomic E-state index is 11.4. The van der Waals surface area contributed by atoms with E-state index < -0.39 is 0 Å². The van der Waals surface area contributed by atoms with Gasteiger partial charge in [-0.25, -0.2) is 0 Å². The number of nitrogens with zero attached hydrogens (tertiary/aromatic N) is 3. The standard InChI is InChI=1S/C9H21N3O2/c1-6-7-11(8(2)3)12(13)10-14-9(4)5/h8-9H,6-7H2,1-5H3. The van der Waals surface area contributed by atoms with Crippen molar-refractivity contribution in [3.63, 3.8) is 0 Å². The third kappa shape index (κ3) is 4.89. The molecule has 0 saturated carbocycles. The van der Waals surface area contributed by atoms with Crippen LogP contribution in [-0.4, -0.2) is 28.7 Å². The molecule has 14 heavy (non-hydrogen) atoms. The SMILES string of the molecule is CCCN(C(C)C)[N+]([O-])=NOC(C)C. The zero-order valence-electron chi connectivity index (χ0n) is 9.73. The molecule has 0 amide bonds. The fourth-order valence-electron chi connectivity index (χ4n) is 0.952.